The number of hydrazine groups is 1. The Morgan fingerprint density at radius 2 is 1.96 bits per heavy atom. The van der Waals surface area contributed by atoms with Crippen LogP contribution in [0.1, 0.15) is 15.2 Å². The van der Waals surface area contributed by atoms with Crippen LogP contribution in [0.4, 0.5) is 24.5 Å². The van der Waals surface area contributed by atoms with Gasteiger partial charge in [0.1, 0.15) is 5.69 Å². The van der Waals surface area contributed by atoms with Gasteiger partial charge in [-0.05, 0) is 24.3 Å². The molecule has 1 aromatic carbocycles. The quantitative estimate of drug-likeness (QED) is 0.631. The predicted molar refractivity (Wildman–Crippen MR) is 78.5 cm³/mol. The first kappa shape index (κ1) is 17.0. The molecule has 1 heterocycles. The minimum Gasteiger partial charge on any atom is -0.292 e. The number of amides is 1. The summed E-state index contributed by atoms with van der Waals surface area (Å²) in [6.45, 7) is 0. The maximum atomic E-state index is 12.6. The Kier molecular flexibility index (Phi) is 4.76. The third-order valence-electron chi connectivity index (χ3n) is 2.63. The van der Waals surface area contributed by atoms with Gasteiger partial charge in [-0.15, -0.1) is 11.3 Å². The monoisotopic (exact) mass is 365 g/mol. The van der Waals surface area contributed by atoms with Gasteiger partial charge >= 0.3 is 6.18 Å². The molecule has 23 heavy (non-hydrogen) atoms. The largest absolute Gasteiger partial charge is 0.416 e. The summed E-state index contributed by atoms with van der Waals surface area (Å²) < 4.78 is 38.1. The van der Waals surface area contributed by atoms with Crippen molar-refractivity contribution < 1.29 is 22.9 Å². The molecule has 0 spiro atoms. The van der Waals surface area contributed by atoms with E-state index in [1.165, 1.54) is 12.1 Å². The molecule has 1 aromatic heterocycles. The molecule has 0 atom stereocenters. The predicted octanol–water partition coefficient (Wildman–Crippen LogP) is 4.09. The Hall–Kier alpha value is -2.33. The SMILES string of the molecule is O=C(NNc1ccc(C(F)(F)F)cc1[N+](=O)[O-])c1ccc(Cl)s1. The van der Waals surface area contributed by atoms with E-state index in [2.05, 4.69) is 10.9 Å². The summed E-state index contributed by atoms with van der Waals surface area (Å²) in [6, 6.07) is 4.84. The van der Waals surface area contributed by atoms with Crippen LogP contribution < -0.4 is 10.9 Å². The normalized spacial score (nSPS) is 11.1. The Morgan fingerprint density at radius 3 is 2.48 bits per heavy atom. The lowest BCUT2D eigenvalue weighted by Crippen LogP contribution is -2.29. The molecule has 0 aliphatic carbocycles. The van der Waals surface area contributed by atoms with Gasteiger partial charge in [-0.2, -0.15) is 13.2 Å². The highest BCUT2D eigenvalue weighted by Gasteiger charge is 2.33. The van der Waals surface area contributed by atoms with Gasteiger partial charge in [0.25, 0.3) is 11.6 Å². The molecule has 6 nitrogen and oxygen atoms in total. The van der Waals surface area contributed by atoms with E-state index in [1.807, 2.05) is 0 Å². The molecule has 0 fully saturated rings. The van der Waals surface area contributed by atoms with Crippen LogP contribution in [-0.4, -0.2) is 10.8 Å². The van der Waals surface area contributed by atoms with Gasteiger partial charge in [0.2, 0.25) is 0 Å². The van der Waals surface area contributed by atoms with Gasteiger partial charge in [-0.3, -0.25) is 25.8 Å². The number of hydrogen-bond donors (Lipinski definition) is 2. The smallest absolute Gasteiger partial charge is 0.292 e. The Balaban J connectivity index is 2.19. The molecule has 0 unspecified atom stereocenters. The van der Waals surface area contributed by atoms with E-state index in [4.69, 9.17) is 11.6 Å². The highest BCUT2D eigenvalue weighted by atomic mass is 35.5. The number of rotatable bonds is 4. The number of thiophene rings is 1. The van der Waals surface area contributed by atoms with Gasteiger partial charge in [-0.1, -0.05) is 11.6 Å². The van der Waals surface area contributed by atoms with E-state index in [-0.39, 0.29) is 10.6 Å². The molecule has 11 heteroatoms. The number of carbonyl (C=O) groups is 1. The van der Waals surface area contributed by atoms with E-state index in [0.29, 0.717) is 16.5 Å². The average Bonchev–Trinajstić information content (AvgIpc) is 2.90. The molecule has 0 radical (unpaired) electrons. The Morgan fingerprint density at radius 1 is 1.26 bits per heavy atom. The zero-order valence-electron chi connectivity index (χ0n) is 11.0. The average molecular weight is 366 g/mol. The summed E-state index contributed by atoms with van der Waals surface area (Å²) in [4.78, 5) is 21.9. The highest BCUT2D eigenvalue weighted by molar-refractivity contribution is 7.18. The van der Waals surface area contributed by atoms with E-state index < -0.39 is 28.3 Å². The minimum atomic E-state index is -4.71. The summed E-state index contributed by atoms with van der Waals surface area (Å²) in [5, 5.41) is 10.9. The summed E-state index contributed by atoms with van der Waals surface area (Å²) in [6.07, 6.45) is -4.71. The third kappa shape index (κ3) is 4.11. The van der Waals surface area contributed by atoms with Crippen molar-refractivity contribution in [3.05, 3.63) is 55.2 Å². The summed E-state index contributed by atoms with van der Waals surface area (Å²) in [7, 11) is 0. The van der Waals surface area contributed by atoms with Crippen molar-refractivity contribution in [3.63, 3.8) is 0 Å². The number of nitro groups is 1. The van der Waals surface area contributed by atoms with Crippen LogP contribution >= 0.6 is 22.9 Å². The molecule has 0 saturated carbocycles. The van der Waals surface area contributed by atoms with Crippen LogP contribution in [0.3, 0.4) is 0 Å². The highest BCUT2D eigenvalue weighted by Crippen LogP contribution is 2.34. The molecule has 122 valence electrons. The topological polar surface area (TPSA) is 84.3 Å². The molecule has 0 bridgehead atoms. The zero-order valence-corrected chi connectivity index (χ0v) is 12.6. The van der Waals surface area contributed by atoms with Crippen molar-refractivity contribution >= 4 is 40.2 Å². The summed E-state index contributed by atoms with van der Waals surface area (Å²) in [5.41, 5.74) is 2.14. The lowest BCUT2D eigenvalue weighted by atomic mass is 10.1. The molecule has 2 rings (SSSR count). The first-order chi connectivity index (χ1) is 10.7. The van der Waals surface area contributed by atoms with Crippen molar-refractivity contribution in [1.82, 2.24) is 5.43 Å². The number of nitro benzene ring substituents is 1. The summed E-state index contributed by atoms with van der Waals surface area (Å²) >= 11 is 6.65. The molecular formula is C12H7ClF3N3O3S. The second kappa shape index (κ2) is 6.42. The fourth-order valence-corrected chi connectivity index (χ4v) is 2.53. The maximum absolute atomic E-state index is 12.6. The molecule has 2 N–H and O–H groups in total. The Labute approximate surface area is 136 Å². The number of anilines is 1. The zero-order chi connectivity index (χ0) is 17.2. The van der Waals surface area contributed by atoms with Crippen molar-refractivity contribution in [2.45, 2.75) is 6.18 Å². The fourth-order valence-electron chi connectivity index (χ4n) is 1.59. The second-order valence-corrected chi connectivity index (χ2v) is 5.88. The standard InChI is InChI=1S/C12H7ClF3N3O3S/c13-10-4-3-9(23-10)11(20)18-17-7-2-1-6(12(14,15)16)5-8(7)19(21)22/h1-5,17H,(H,18,20). The number of benzene rings is 1. The molecule has 0 saturated heterocycles. The van der Waals surface area contributed by atoms with Crippen molar-refractivity contribution in [3.8, 4) is 0 Å². The van der Waals surface area contributed by atoms with Gasteiger partial charge in [-0.25, -0.2) is 0 Å². The van der Waals surface area contributed by atoms with Crippen LogP contribution in [0.5, 0.6) is 0 Å². The van der Waals surface area contributed by atoms with Crippen LogP contribution in [0.2, 0.25) is 4.34 Å². The fraction of sp³-hybridized carbons (Fsp3) is 0.0833. The van der Waals surface area contributed by atoms with Gasteiger partial charge < -0.3 is 0 Å². The minimum absolute atomic E-state index is 0.233. The maximum Gasteiger partial charge on any atom is 0.416 e. The van der Waals surface area contributed by atoms with Gasteiger partial charge in [0, 0.05) is 6.07 Å². The van der Waals surface area contributed by atoms with Gasteiger partial charge in [0.05, 0.1) is 19.7 Å². The van der Waals surface area contributed by atoms with E-state index in [9.17, 15) is 28.1 Å². The lowest BCUT2D eigenvalue weighted by molar-refractivity contribution is -0.384. The van der Waals surface area contributed by atoms with Crippen LogP contribution in [0.15, 0.2) is 30.3 Å². The first-order valence-corrected chi connectivity index (χ1v) is 7.05. The Bertz CT molecular complexity index is 763. The molecular weight excluding hydrogens is 359 g/mol. The number of halogens is 4. The van der Waals surface area contributed by atoms with E-state index >= 15 is 0 Å². The molecule has 0 aliphatic rings. The number of carbonyl (C=O) groups excluding carboxylic acids is 1. The number of nitrogens with one attached hydrogen (secondary N) is 2. The number of hydrogen-bond acceptors (Lipinski definition) is 5. The first-order valence-electron chi connectivity index (χ1n) is 5.86. The third-order valence-corrected chi connectivity index (χ3v) is 3.86. The van der Waals surface area contributed by atoms with E-state index in [0.717, 1.165) is 17.4 Å². The van der Waals surface area contributed by atoms with Crippen LogP contribution in [-0.2, 0) is 6.18 Å². The van der Waals surface area contributed by atoms with Gasteiger partial charge in [0.15, 0.2) is 0 Å². The van der Waals surface area contributed by atoms with Crippen molar-refractivity contribution in [2.24, 2.45) is 0 Å². The van der Waals surface area contributed by atoms with Crippen LogP contribution in [0, 0.1) is 10.1 Å². The lowest BCUT2D eigenvalue weighted by Gasteiger charge is -2.11. The van der Waals surface area contributed by atoms with Crippen molar-refractivity contribution in [1.29, 1.82) is 0 Å². The summed E-state index contributed by atoms with van der Waals surface area (Å²) in [5.74, 6) is -0.629. The number of nitrogens with zero attached hydrogens (tertiary/aromatic N) is 1. The molecule has 2 aromatic rings. The van der Waals surface area contributed by atoms with Crippen molar-refractivity contribution in [2.75, 3.05) is 5.43 Å². The molecule has 0 aliphatic heterocycles. The second-order valence-electron chi connectivity index (χ2n) is 4.17. The molecule has 1 amide bonds. The van der Waals surface area contributed by atoms with E-state index in [1.54, 1.807) is 0 Å². The van der Waals surface area contributed by atoms with Crippen LogP contribution in [0.25, 0.3) is 0 Å². The number of alkyl halides is 3.